The second kappa shape index (κ2) is 6.69. The highest BCUT2D eigenvalue weighted by molar-refractivity contribution is 7.89. The van der Waals surface area contributed by atoms with Crippen LogP contribution in [-0.4, -0.2) is 14.2 Å². The highest BCUT2D eigenvalue weighted by Gasteiger charge is 2.06. The SMILES string of the molecule is CCS(=O)(=O)NCc1ccc(Oc2ccc(F)cc2)cc1. The third-order valence-electron chi connectivity index (χ3n) is 2.85. The van der Waals surface area contributed by atoms with E-state index in [1.54, 1.807) is 43.3 Å². The van der Waals surface area contributed by atoms with Crippen LogP contribution in [0.1, 0.15) is 12.5 Å². The highest BCUT2D eigenvalue weighted by Crippen LogP contribution is 2.21. The molecule has 21 heavy (non-hydrogen) atoms. The summed E-state index contributed by atoms with van der Waals surface area (Å²) >= 11 is 0. The van der Waals surface area contributed by atoms with Crippen molar-refractivity contribution in [3.05, 3.63) is 59.9 Å². The molecule has 0 aliphatic rings. The maximum Gasteiger partial charge on any atom is 0.211 e. The minimum absolute atomic E-state index is 0.0543. The van der Waals surface area contributed by atoms with E-state index in [1.807, 2.05) is 0 Å². The van der Waals surface area contributed by atoms with Gasteiger partial charge in [-0.3, -0.25) is 0 Å². The van der Waals surface area contributed by atoms with Gasteiger partial charge >= 0.3 is 0 Å². The van der Waals surface area contributed by atoms with E-state index in [0.29, 0.717) is 11.5 Å². The van der Waals surface area contributed by atoms with Gasteiger partial charge < -0.3 is 4.74 Å². The third kappa shape index (κ3) is 4.84. The summed E-state index contributed by atoms with van der Waals surface area (Å²) < 4.78 is 43.5. The standard InChI is InChI=1S/C15H16FNO3S/c1-2-21(18,19)17-11-12-3-7-14(8-4-12)20-15-9-5-13(16)6-10-15/h3-10,17H,2,11H2,1H3. The molecule has 0 radical (unpaired) electrons. The van der Waals surface area contributed by atoms with Crippen LogP contribution >= 0.6 is 0 Å². The van der Waals surface area contributed by atoms with Crippen molar-refractivity contribution in [3.63, 3.8) is 0 Å². The number of benzene rings is 2. The number of sulfonamides is 1. The molecule has 0 saturated heterocycles. The van der Waals surface area contributed by atoms with Gasteiger partial charge in [0.05, 0.1) is 5.75 Å². The zero-order valence-electron chi connectivity index (χ0n) is 11.5. The minimum Gasteiger partial charge on any atom is -0.457 e. The largest absolute Gasteiger partial charge is 0.457 e. The fourth-order valence-electron chi connectivity index (χ4n) is 1.61. The van der Waals surface area contributed by atoms with Crippen molar-refractivity contribution >= 4 is 10.0 Å². The van der Waals surface area contributed by atoms with Crippen LogP contribution in [0.15, 0.2) is 48.5 Å². The van der Waals surface area contributed by atoms with E-state index >= 15 is 0 Å². The van der Waals surface area contributed by atoms with Crippen LogP contribution in [0.2, 0.25) is 0 Å². The number of ether oxygens (including phenoxy) is 1. The Labute approximate surface area is 123 Å². The van der Waals surface area contributed by atoms with Crippen LogP contribution < -0.4 is 9.46 Å². The second-order valence-corrected chi connectivity index (χ2v) is 6.52. The maximum atomic E-state index is 12.8. The first-order valence-electron chi connectivity index (χ1n) is 6.48. The molecule has 0 amide bonds. The predicted octanol–water partition coefficient (Wildman–Crippen LogP) is 3.06. The van der Waals surface area contributed by atoms with Gasteiger partial charge in [0.25, 0.3) is 0 Å². The highest BCUT2D eigenvalue weighted by atomic mass is 32.2. The summed E-state index contributed by atoms with van der Waals surface area (Å²) in [5.41, 5.74) is 0.832. The van der Waals surface area contributed by atoms with Crippen molar-refractivity contribution in [3.8, 4) is 11.5 Å². The minimum atomic E-state index is -3.20. The van der Waals surface area contributed by atoms with Crippen LogP contribution in [-0.2, 0) is 16.6 Å². The Morgan fingerprint density at radius 2 is 1.52 bits per heavy atom. The van der Waals surface area contributed by atoms with E-state index in [1.165, 1.54) is 12.1 Å². The molecule has 2 rings (SSSR count). The van der Waals surface area contributed by atoms with Gasteiger partial charge in [-0.2, -0.15) is 0 Å². The Morgan fingerprint density at radius 3 is 2.05 bits per heavy atom. The van der Waals surface area contributed by atoms with Gasteiger partial charge in [-0.1, -0.05) is 12.1 Å². The topological polar surface area (TPSA) is 55.4 Å². The van der Waals surface area contributed by atoms with E-state index in [-0.39, 0.29) is 18.1 Å². The first kappa shape index (κ1) is 15.5. The Balaban J connectivity index is 1.97. The fraction of sp³-hybridized carbons (Fsp3) is 0.200. The quantitative estimate of drug-likeness (QED) is 0.892. The van der Waals surface area contributed by atoms with Crippen molar-refractivity contribution in [1.82, 2.24) is 4.72 Å². The zero-order valence-corrected chi connectivity index (χ0v) is 12.4. The molecule has 0 aliphatic heterocycles. The Kier molecular flexibility index (Phi) is 4.93. The second-order valence-electron chi connectivity index (χ2n) is 4.42. The molecule has 4 nitrogen and oxygen atoms in total. The molecule has 0 aromatic heterocycles. The van der Waals surface area contributed by atoms with Gasteiger partial charge in [-0.25, -0.2) is 17.5 Å². The molecule has 6 heteroatoms. The summed E-state index contributed by atoms with van der Waals surface area (Å²) in [4.78, 5) is 0. The van der Waals surface area contributed by atoms with E-state index in [4.69, 9.17) is 4.74 Å². The zero-order chi connectivity index (χ0) is 15.3. The third-order valence-corrected chi connectivity index (χ3v) is 4.19. The molecule has 0 bridgehead atoms. The number of nitrogens with one attached hydrogen (secondary N) is 1. The van der Waals surface area contributed by atoms with Crippen LogP contribution in [0, 0.1) is 5.82 Å². The summed E-state index contributed by atoms with van der Waals surface area (Å²) in [6.07, 6.45) is 0. The van der Waals surface area contributed by atoms with Crippen LogP contribution in [0.3, 0.4) is 0 Å². The number of hydrogen-bond acceptors (Lipinski definition) is 3. The van der Waals surface area contributed by atoms with Gasteiger partial charge in [0.15, 0.2) is 0 Å². The van der Waals surface area contributed by atoms with E-state index < -0.39 is 10.0 Å². The molecule has 2 aromatic rings. The molecule has 112 valence electrons. The first-order valence-corrected chi connectivity index (χ1v) is 8.13. The molecule has 0 fully saturated rings. The summed E-state index contributed by atoms with van der Waals surface area (Å²) in [6, 6.07) is 12.7. The average Bonchev–Trinajstić information content (AvgIpc) is 2.49. The predicted molar refractivity (Wildman–Crippen MR) is 79.2 cm³/mol. The Morgan fingerprint density at radius 1 is 1.00 bits per heavy atom. The molecule has 0 unspecified atom stereocenters. The number of rotatable bonds is 6. The normalized spacial score (nSPS) is 11.3. The summed E-state index contributed by atoms with van der Waals surface area (Å²) in [5, 5.41) is 0. The van der Waals surface area contributed by atoms with Crippen molar-refractivity contribution in [2.75, 3.05) is 5.75 Å². The molecule has 2 aromatic carbocycles. The molecule has 0 heterocycles. The molecular weight excluding hydrogens is 293 g/mol. The van der Waals surface area contributed by atoms with Crippen molar-refractivity contribution in [2.24, 2.45) is 0 Å². The monoisotopic (exact) mass is 309 g/mol. The molecule has 0 aliphatic carbocycles. The van der Waals surface area contributed by atoms with Gasteiger partial charge in [0, 0.05) is 6.54 Å². The average molecular weight is 309 g/mol. The van der Waals surface area contributed by atoms with Crippen molar-refractivity contribution < 1.29 is 17.5 Å². The van der Waals surface area contributed by atoms with Crippen LogP contribution in [0.25, 0.3) is 0 Å². The smallest absolute Gasteiger partial charge is 0.211 e. The molecule has 0 spiro atoms. The van der Waals surface area contributed by atoms with Gasteiger partial charge in [0.1, 0.15) is 17.3 Å². The summed E-state index contributed by atoms with van der Waals surface area (Å²) in [5.74, 6) is 0.874. The van der Waals surface area contributed by atoms with Crippen LogP contribution in [0.4, 0.5) is 4.39 Å². The lowest BCUT2D eigenvalue weighted by molar-refractivity contribution is 0.480. The van der Waals surface area contributed by atoms with Gasteiger partial charge in [-0.05, 0) is 48.9 Å². The van der Waals surface area contributed by atoms with E-state index in [9.17, 15) is 12.8 Å². The summed E-state index contributed by atoms with van der Waals surface area (Å²) in [7, 11) is -3.20. The van der Waals surface area contributed by atoms with Crippen molar-refractivity contribution in [1.29, 1.82) is 0 Å². The maximum absolute atomic E-state index is 12.8. The van der Waals surface area contributed by atoms with Gasteiger partial charge in [-0.15, -0.1) is 0 Å². The van der Waals surface area contributed by atoms with E-state index in [0.717, 1.165) is 5.56 Å². The fourth-order valence-corrected chi connectivity index (χ4v) is 2.20. The molecule has 1 N–H and O–H groups in total. The van der Waals surface area contributed by atoms with Gasteiger partial charge in [0.2, 0.25) is 10.0 Å². The number of halogens is 1. The number of hydrogen-bond donors (Lipinski definition) is 1. The Hall–Kier alpha value is -1.92. The van der Waals surface area contributed by atoms with E-state index in [2.05, 4.69) is 4.72 Å². The molecule has 0 saturated carbocycles. The van der Waals surface area contributed by atoms with Crippen LogP contribution in [0.5, 0.6) is 11.5 Å². The lowest BCUT2D eigenvalue weighted by Gasteiger charge is -2.07. The lowest BCUT2D eigenvalue weighted by Crippen LogP contribution is -2.24. The lowest BCUT2D eigenvalue weighted by atomic mass is 10.2. The Bertz CT molecular complexity index is 682. The molecule has 0 atom stereocenters. The van der Waals surface area contributed by atoms with Crippen molar-refractivity contribution in [2.45, 2.75) is 13.5 Å². The summed E-state index contributed by atoms with van der Waals surface area (Å²) in [6.45, 7) is 1.83. The first-order chi connectivity index (χ1) is 9.98. The molecular formula is C15H16FNO3S.